The second kappa shape index (κ2) is 5.19. The molecule has 0 saturated carbocycles. The quantitative estimate of drug-likeness (QED) is 0.810. The second-order valence-corrected chi connectivity index (χ2v) is 6.20. The minimum Gasteiger partial charge on any atom is -0.390 e. The normalized spacial score (nSPS) is 25.1. The first-order chi connectivity index (χ1) is 9.57. The van der Waals surface area contributed by atoms with E-state index in [9.17, 15) is 9.90 Å². The third-order valence-corrected chi connectivity index (χ3v) is 4.54. The largest absolute Gasteiger partial charge is 0.390 e. The van der Waals surface area contributed by atoms with E-state index < -0.39 is 5.60 Å². The summed E-state index contributed by atoms with van der Waals surface area (Å²) in [6.07, 6.45) is 1.33. The molecule has 108 valence electrons. The number of aliphatic hydroxyl groups is 1. The van der Waals surface area contributed by atoms with Gasteiger partial charge in [0, 0.05) is 26.2 Å². The molecule has 4 heteroatoms. The monoisotopic (exact) mass is 274 g/mol. The van der Waals surface area contributed by atoms with Crippen LogP contribution in [0.4, 0.5) is 0 Å². The summed E-state index contributed by atoms with van der Waals surface area (Å²) in [4.78, 5) is 14.6. The highest BCUT2D eigenvalue weighted by atomic mass is 16.3. The summed E-state index contributed by atoms with van der Waals surface area (Å²) in [6, 6.07) is 8.18. The molecule has 3 rings (SSSR count). The molecule has 1 aromatic rings. The molecule has 1 aromatic carbocycles. The number of hydrogen-bond acceptors (Lipinski definition) is 3. The Morgan fingerprint density at radius 2 is 2.05 bits per heavy atom. The fourth-order valence-corrected chi connectivity index (χ4v) is 3.15. The molecule has 1 saturated heterocycles. The lowest BCUT2D eigenvalue weighted by Gasteiger charge is -2.38. The molecule has 0 aromatic heterocycles. The van der Waals surface area contributed by atoms with Crippen molar-refractivity contribution in [3.63, 3.8) is 0 Å². The molecule has 1 fully saturated rings. The van der Waals surface area contributed by atoms with Gasteiger partial charge in [0.15, 0.2) is 0 Å². The van der Waals surface area contributed by atoms with E-state index in [-0.39, 0.29) is 11.8 Å². The number of fused-ring (bicyclic) bond motifs is 1. The van der Waals surface area contributed by atoms with Crippen molar-refractivity contribution in [3.05, 3.63) is 35.4 Å². The lowest BCUT2D eigenvalue weighted by Crippen LogP contribution is -2.48. The predicted molar refractivity (Wildman–Crippen MR) is 77.3 cm³/mol. The number of benzene rings is 1. The van der Waals surface area contributed by atoms with Crippen LogP contribution in [0.15, 0.2) is 24.3 Å². The molecule has 2 N–H and O–H groups in total. The van der Waals surface area contributed by atoms with Crippen LogP contribution in [0, 0.1) is 0 Å². The number of carbonyl (C=O) groups is 1. The SMILES string of the molecule is CC1(O)CCN(C(=O)C2CNCc3ccccc32)CC1. The Morgan fingerprint density at radius 3 is 2.80 bits per heavy atom. The van der Waals surface area contributed by atoms with Crippen LogP contribution in [0.1, 0.15) is 36.8 Å². The van der Waals surface area contributed by atoms with Crippen molar-refractivity contribution >= 4 is 5.91 Å². The van der Waals surface area contributed by atoms with Gasteiger partial charge in [0.1, 0.15) is 0 Å². The van der Waals surface area contributed by atoms with Gasteiger partial charge in [-0.3, -0.25) is 4.79 Å². The van der Waals surface area contributed by atoms with Gasteiger partial charge in [-0.25, -0.2) is 0 Å². The third-order valence-electron chi connectivity index (χ3n) is 4.54. The minimum atomic E-state index is -0.612. The first-order valence-electron chi connectivity index (χ1n) is 7.36. The number of hydrogen-bond donors (Lipinski definition) is 2. The summed E-state index contributed by atoms with van der Waals surface area (Å²) in [5, 5.41) is 13.3. The van der Waals surface area contributed by atoms with Gasteiger partial charge < -0.3 is 15.3 Å². The Morgan fingerprint density at radius 1 is 1.35 bits per heavy atom. The van der Waals surface area contributed by atoms with Crippen LogP contribution in [-0.2, 0) is 11.3 Å². The lowest BCUT2D eigenvalue weighted by atomic mass is 9.88. The van der Waals surface area contributed by atoms with Crippen molar-refractivity contribution in [1.29, 1.82) is 0 Å². The topological polar surface area (TPSA) is 52.6 Å². The number of carbonyl (C=O) groups excluding carboxylic acids is 1. The van der Waals surface area contributed by atoms with Crippen molar-refractivity contribution in [3.8, 4) is 0 Å². The molecule has 0 radical (unpaired) electrons. The molecule has 2 heterocycles. The Balaban J connectivity index is 1.76. The fraction of sp³-hybridized carbons (Fsp3) is 0.562. The summed E-state index contributed by atoms with van der Waals surface area (Å²) < 4.78 is 0. The van der Waals surface area contributed by atoms with Gasteiger partial charge in [-0.1, -0.05) is 24.3 Å². The molecule has 2 aliphatic rings. The number of amides is 1. The standard InChI is InChI=1S/C16H22N2O2/c1-16(20)6-8-18(9-7-16)15(19)14-11-17-10-12-4-2-3-5-13(12)14/h2-5,14,17,20H,6-11H2,1H3. The first-order valence-corrected chi connectivity index (χ1v) is 7.36. The van der Waals surface area contributed by atoms with Gasteiger partial charge in [-0.15, -0.1) is 0 Å². The molecule has 20 heavy (non-hydrogen) atoms. The number of likely N-dealkylation sites (tertiary alicyclic amines) is 1. The van der Waals surface area contributed by atoms with Gasteiger partial charge in [0.2, 0.25) is 5.91 Å². The molecule has 1 amide bonds. The van der Waals surface area contributed by atoms with Gasteiger partial charge in [-0.2, -0.15) is 0 Å². The van der Waals surface area contributed by atoms with Crippen LogP contribution in [0.25, 0.3) is 0 Å². The maximum Gasteiger partial charge on any atom is 0.231 e. The van der Waals surface area contributed by atoms with Gasteiger partial charge in [0.25, 0.3) is 0 Å². The highest BCUT2D eigenvalue weighted by Gasteiger charge is 2.34. The Kier molecular flexibility index (Phi) is 3.52. The van der Waals surface area contributed by atoms with Crippen molar-refractivity contribution in [1.82, 2.24) is 10.2 Å². The van der Waals surface area contributed by atoms with Crippen molar-refractivity contribution < 1.29 is 9.90 Å². The molecule has 2 aliphatic heterocycles. The Hall–Kier alpha value is -1.39. The first kappa shape index (κ1) is 13.6. The fourth-order valence-electron chi connectivity index (χ4n) is 3.15. The number of nitrogens with one attached hydrogen (secondary N) is 1. The lowest BCUT2D eigenvalue weighted by molar-refractivity contribution is -0.136. The van der Waals surface area contributed by atoms with E-state index in [2.05, 4.69) is 17.4 Å². The number of nitrogens with zero attached hydrogens (tertiary/aromatic N) is 1. The molecular formula is C16H22N2O2. The molecule has 0 aliphatic carbocycles. The Bertz CT molecular complexity index is 503. The molecular weight excluding hydrogens is 252 g/mol. The molecule has 1 unspecified atom stereocenters. The molecule has 0 spiro atoms. The van der Waals surface area contributed by atoms with E-state index >= 15 is 0 Å². The average molecular weight is 274 g/mol. The van der Waals surface area contributed by atoms with Crippen LogP contribution >= 0.6 is 0 Å². The van der Waals surface area contributed by atoms with E-state index in [1.54, 1.807) is 0 Å². The third kappa shape index (κ3) is 2.58. The van der Waals surface area contributed by atoms with Crippen LogP contribution in [0.2, 0.25) is 0 Å². The van der Waals surface area contributed by atoms with E-state index in [0.29, 0.717) is 32.5 Å². The van der Waals surface area contributed by atoms with Crippen LogP contribution in [0.3, 0.4) is 0 Å². The van der Waals surface area contributed by atoms with Gasteiger partial charge in [-0.05, 0) is 30.9 Å². The number of piperidine rings is 1. The maximum absolute atomic E-state index is 12.7. The smallest absolute Gasteiger partial charge is 0.231 e. The zero-order chi connectivity index (χ0) is 14.2. The maximum atomic E-state index is 12.7. The summed E-state index contributed by atoms with van der Waals surface area (Å²) in [5.41, 5.74) is 1.77. The average Bonchev–Trinajstić information content (AvgIpc) is 2.46. The van der Waals surface area contributed by atoms with E-state index in [4.69, 9.17) is 0 Å². The van der Waals surface area contributed by atoms with E-state index in [0.717, 1.165) is 12.1 Å². The summed E-state index contributed by atoms with van der Waals surface area (Å²) in [6.45, 7) is 4.72. The highest BCUT2D eigenvalue weighted by molar-refractivity contribution is 5.85. The van der Waals surface area contributed by atoms with Crippen LogP contribution in [0.5, 0.6) is 0 Å². The number of rotatable bonds is 1. The van der Waals surface area contributed by atoms with Crippen LogP contribution in [-0.4, -0.2) is 41.1 Å². The molecule has 4 nitrogen and oxygen atoms in total. The molecule has 1 atom stereocenters. The molecule has 0 bridgehead atoms. The summed E-state index contributed by atoms with van der Waals surface area (Å²) in [5.74, 6) is 0.114. The van der Waals surface area contributed by atoms with Crippen molar-refractivity contribution in [2.24, 2.45) is 0 Å². The van der Waals surface area contributed by atoms with Crippen molar-refractivity contribution in [2.45, 2.75) is 37.8 Å². The minimum absolute atomic E-state index is 0.0806. The van der Waals surface area contributed by atoms with E-state index in [1.165, 1.54) is 5.56 Å². The second-order valence-electron chi connectivity index (χ2n) is 6.20. The van der Waals surface area contributed by atoms with Gasteiger partial charge in [0.05, 0.1) is 11.5 Å². The highest BCUT2D eigenvalue weighted by Crippen LogP contribution is 2.28. The Labute approximate surface area is 119 Å². The van der Waals surface area contributed by atoms with Crippen LogP contribution < -0.4 is 5.32 Å². The predicted octanol–water partition coefficient (Wildman–Crippen LogP) is 1.25. The zero-order valence-corrected chi connectivity index (χ0v) is 11.9. The summed E-state index contributed by atoms with van der Waals surface area (Å²) in [7, 11) is 0. The van der Waals surface area contributed by atoms with Crippen molar-refractivity contribution in [2.75, 3.05) is 19.6 Å². The van der Waals surface area contributed by atoms with Gasteiger partial charge >= 0.3 is 0 Å². The zero-order valence-electron chi connectivity index (χ0n) is 11.9. The summed E-state index contributed by atoms with van der Waals surface area (Å²) >= 11 is 0. The van der Waals surface area contributed by atoms with E-state index in [1.807, 2.05) is 24.0 Å².